The van der Waals surface area contributed by atoms with Crippen molar-refractivity contribution in [2.24, 2.45) is 0 Å². The Morgan fingerprint density at radius 2 is 2.22 bits per heavy atom. The lowest BCUT2D eigenvalue weighted by molar-refractivity contribution is -0.769. The summed E-state index contributed by atoms with van der Waals surface area (Å²) in [5.74, 6) is 0.107. The summed E-state index contributed by atoms with van der Waals surface area (Å²) in [5.41, 5.74) is 0.426. The Hall–Kier alpha value is -1.44. The van der Waals surface area contributed by atoms with E-state index < -0.39 is 16.9 Å². The molecule has 2 heterocycles. The van der Waals surface area contributed by atoms with Crippen LogP contribution in [0.1, 0.15) is 26.5 Å². The summed E-state index contributed by atoms with van der Waals surface area (Å²) in [6.45, 7) is 5.63. The molecule has 0 aliphatic carbocycles. The van der Waals surface area contributed by atoms with Gasteiger partial charge in [0.1, 0.15) is 6.54 Å². The lowest BCUT2D eigenvalue weighted by atomic mass is 9.92. The summed E-state index contributed by atoms with van der Waals surface area (Å²) in [6.07, 6.45) is -1.18. The van der Waals surface area contributed by atoms with E-state index in [9.17, 15) is 15.1 Å². The number of anilines is 1. The maximum atomic E-state index is 11.8. The number of carbonyl (C=O) groups excluding carboxylic acids is 1. The normalized spacial score (nSPS) is 29.1. The summed E-state index contributed by atoms with van der Waals surface area (Å²) in [6, 6.07) is 0.825. The van der Waals surface area contributed by atoms with Gasteiger partial charge in [-0.1, -0.05) is 25.9 Å². The maximum Gasteiger partial charge on any atom is 0.428 e. The molecular weight excluding hydrogens is 238 g/mol. The number of aliphatic hydroxyl groups excluding tert-OH is 1. The number of hydrogen-bond acceptors (Lipinski definition) is 5. The van der Waals surface area contributed by atoms with Gasteiger partial charge >= 0.3 is 6.03 Å². The number of rotatable bonds is 1. The molecule has 1 fully saturated rings. The van der Waals surface area contributed by atoms with E-state index in [-0.39, 0.29) is 17.8 Å². The Labute approximate surface area is 105 Å². The number of aromatic nitrogens is 1. The summed E-state index contributed by atoms with van der Waals surface area (Å²) in [4.78, 5) is 12.8. The van der Waals surface area contributed by atoms with Crippen molar-refractivity contribution in [3.8, 4) is 0 Å². The molecular formula is C11H17N3O4. The van der Waals surface area contributed by atoms with Gasteiger partial charge in [0.25, 0.3) is 0 Å². The van der Waals surface area contributed by atoms with Crippen LogP contribution in [-0.4, -0.2) is 40.8 Å². The van der Waals surface area contributed by atoms with E-state index in [4.69, 9.17) is 4.52 Å². The molecule has 0 radical (unpaired) electrons. The lowest BCUT2D eigenvalue weighted by Crippen LogP contribution is -2.42. The smallest absolute Gasteiger partial charge is 0.428 e. The zero-order chi connectivity index (χ0) is 13.7. The van der Waals surface area contributed by atoms with Crippen molar-refractivity contribution in [2.75, 3.05) is 18.5 Å². The number of likely N-dealkylation sites (N-methyl/N-ethyl adjacent to an activating group) is 1. The first-order valence-electron chi connectivity index (χ1n) is 5.68. The molecule has 1 aliphatic heterocycles. The van der Waals surface area contributed by atoms with Gasteiger partial charge in [0.05, 0.1) is 12.7 Å². The van der Waals surface area contributed by atoms with E-state index >= 15 is 0 Å². The molecule has 0 saturated carbocycles. The van der Waals surface area contributed by atoms with E-state index in [1.165, 1.54) is 7.05 Å². The third kappa shape index (κ3) is 2.00. The number of nitrogens with zero attached hydrogens (tertiary/aromatic N) is 3. The van der Waals surface area contributed by atoms with Gasteiger partial charge in [0, 0.05) is 11.5 Å². The van der Waals surface area contributed by atoms with E-state index in [1.807, 2.05) is 20.8 Å². The highest BCUT2D eigenvalue weighted by Gasteiger charge is 2.46. The highest BCUT2D eigenvalue weighted by atomic mass is 16.6. The van der Waals surface area contributed by atoms with E-state index in [2.05, 4.69) is 5.16 Å². The first-order valence-corrected chi connectivity index (χ1v) is 5.68. The molecule has 2 unspecified atom stereocenters. The molecule has 0 aromatic carbocycles. The minimum Gasteiger partial charge on any atom is -0.624 e. The van der Waals surface area contributed by atoms with Crippen LogP contribution >= 0.6 is 0 Å². The third-order valence-electron chi connectivity index (χ3n) is 2.92. The second kappa shape index (κ2) is 3.78. The van der Waals surface area contributed by atoms with Crippen LogP contribution in [0.4, 0.5) is 10.7 Å². The topological polar surface area (TPSA) is 89.6 Å². The van der Waals surface area contributed by atoms with Crippen LogP contribution in [0.15, 0.2) is 10.6 Å². The van der Waals surface area contributed by atoms with Gasteiger partial charge in [-0.15, -0.1) is 0 Å². The van der Waals surface area contributed by atoms with Crippen molar-refractivity contribution < 1.29 is 19.1 Å². The van der Waals surface area contributed by atoms with Gasteiger partial charge < -0.3 is 14.8 Å². The fraction of sp³-hybridized carbons (Fsp3) is 0.636. The van der Waals surface area contributed by atoms with Crippen molar-refractivity contribution in [1.82, 2.24) is 5.16 Å². The molecule has 1 saturated heterocycles. The second-order valence-electron chi connectivity index (χ2n) is 5.72. The number of urea groups is 1. The van der Waals surface area contributed by atoms with Crippen LogP contribution in [0.25, 0.3) is 0 Å². The highest BCUT2D eigenvalue weighted by molar-refractivity contribution is 5.87. The number of quaternary nitrogens is 1. The molecule has 2 amide bonds. The number of hydrogen-bond donors (Lipinski definition) is 1. The Morgan fingerprint density at radius 3 is 2.61 bits per heavy atom. The van der Waals surface area contributed by atoms with Crippen LogP contribution in [-0.2, 0) is 5.41 Å². The molecule has 2 rings (SSSR count). The molecule has 0 spiro atoms. The molecule has 1 N–H and O–H groups in total. The highest BCUT2D eigenvalue weighted by Crippen LogP contribution is 2.30. The van der Waals surface area contributed by atoms with Crippen molar-refractivity contribution in [3.63, 3.8) is 0 Å². The van der Waals surface area contributed by atoms with Gasteiger partial charge in [0.15, 0.2) is 6.23 Å². The zero-order valence-corrected chi connectivity index (χ0v) is 10.9. The van der Waals surface area contributed by atoms with Crippen LogP contribution in [0.2, 0.25) is 0 Å². The van der Waals surface area contributed by atoms with Gasteiger partial charge in [-0.05, 0) is 0 Å². The Kier molecular flexibility index (Phi) is 2.73. The van der Waals surface area contributed by atoms with Crippen molar-refractivity contribution in [2.45, 2.75) is 32.4 Å². The average Bonchev–Trinajstić information content (AvgIpc) is 2.71. The SMILES string of the molecule is CC(C)(C)c1cc(N2C(=O)[N+](C)([O-])CC2O)on1. The average molecular weight is 255 g/mol. The van der Waals surface area contributed by atoms with Crippen LogP contribution in [0, 0.1) is 5.21 Å². The molecule has 1 aliphatic rings. The largest absolute Gasteiger partial charge is 0.624 e. The predicted octanol–water partition coefficient (Wildman–Crippen LogP) is 1.17. The van der Waals surface area contributed by atoms with E-state index in [0.717, 1.165) is 4.90 Å². The molecule has 2 atom stereocenters. The Bertz CT molecular complexity index is 475. The van der Waals surface area contributed by atoms with Gasteiger partial charge in [0.2, 0.25) is 5.88 Å². The molecule has 1 aromatic rings. The fourth-order valence-corrected chi connectivity index (χ4v) is 1.80. The van der Waals surface area contributed by atoms with E-state index in [0.29, 0.717) is 5.69 Å². The van der Waals surface area contributed by atoms with E-state index in [1.54, 1.807) is 6.07 Å². The van der Waals surface area contributed by atoms with Crippen LogP contribution < -0.4 is 4.90 Å². The number of hydroxylamine groups is 3. The quantitative estimate of drug-likeness (QED) is 0.601. The first kappa shape index (κ1) is 13.0. The van der Waals surface area contributed by atoms with Gasteiger partial charge in [-0.3, -0.25) is 4.65 Å². The number of carbonyl (C=O) groups is 1. The minimum atomic E-state index is -1.18. The Balaban J connectivity index is 2.33. The Morgan fingerprint density at radius 1 is 1.61 bits per heavy atom. The van der Waals surface area contributed by atoms with Gasteiger partial charge in [-0.25, -0.2) is 4.79 Å². The number of amides is 2. The summed E-state index contributed by atoms with van der Waals surface area (Å²) < 4.78 is 3.91. The van der Waals surface area contributed by atoms with Gasteiger partial charge in [-0.2, -0.15) is 4.90 Å². The standard InChI is InChI=1S/C11H17N3O4/c1-11(2,3)7-5-9(18-12-7)13-8(15)6-14(4,17)10(13)16/h5,8,15H,6H2,1-4H3. The summed E-state index contributed by atoms with van der Waals surface area (Å²) in [7, 11) is 1.20. The predicted molar refractivity (Wildman–Crippen MR) is 63.5 cm³/mol. The molecule has 18 heavy (non-hydrogen) atoms. The van der Waals surface area contributed by atoms with Crippen molar-refractivity contribution >= 4 is 11.9 Å². The lowest BCUT2D eigenvalue weighted by Gasteiger charge is -2.28. The monoisotopic (exact) mass is 255 g/mol. The zero-order valence-electron chi connectivity index (χ0n) is 10.9. The fourth-order valence-electron chi connectivity index (χ4n) is 1.80. The molecule has 1 aromatic heterocycles. The van der Waals surface area contributed by atoms with Crippen molar-refractivity contribution in [3.05, 3.63) is 17.0 Å². The molecule has 100 valence electrons. The first-order chi connectivity index (χ1) is 8.13. The second-order valence-corrected chi connectivity index (χ2v) is 5.72. The van der Waals surface area contributed by atoms with Crippen LogP contribution in [0.5, 0.6) is 0 Å². The molecule has 0 bridgehead atoms. The molecule has 7 nitrogen and oxygen atoms in total. The van der Waals surface area contributed by atoms with Crippen LogP contribution in [0.3, 0.4) is 0 Å². The minimum absolute atomic E-state index is 0.107. The van der Waals surface area contributed by atoms with Crippen molar-refractivity contribution in [1.29, 1.82) is 0 Å². The third-order valence-corrected chi connectivity index (χ3v) is 2.92. The summed E-state index contributed by atoms with van der Waals surface area (Å²) >= 11 is 0. The maximum absolute atomic E-state index is 11.8. The molecule has 7 heteroatoms. The summed E-state index contributed by atoms with van der Waals surface area (Å²) in [5, 5.41) is 25.4. The number of aliphatic hydroxyl groups is 1.